The number of anilines is 2. The van der Waals surface area contributed by atoms with Crippen LogP contribution in [0.2, 0.25) is 0 Å². The Morgan fingerprint density at radius 1 is 0.828 bits per heavy atom. The quantitative estimate of drug-likeness (QED) is 0.656. The lowest BCUT2D eigenvalue weighted by atomic mass is 9.78. The van der Waals surface area contributed by atoms with E-state index in [0.717, 1.165) is 12.1 Å². The lowest BCUT2D eigenvalue weighted by Crippen LogP contribution is -2.22. The zero-order chi connectivity index (χ0) is 22.2. The van der Waals surface area contributed by atoms with Gasteiger partial charge in [0.1, 0.15) is 5.82 Å². The van der Waals surface area contributed by atoms with Crippen LogP contribution >= 0.6 is 0 Å². The van der Waals surface area contributed by atoms with Gasteiger partial charge >= 0.3 is 12.4 Å². The summed E-state index contributed by atoms with van der Waals surface area (Å²) in [4.78, 5) is 8.00. The lowest BCUT2D eigenvalue weighted by molar-refractivity contribution is -0.143. The van der Waals surface area contributed by atoms with Gasteiger partial charge in [-0.05, 0) is 48.4 Å². The van der Waals surface area contributed by atoms with Gasteiger partial charge in [-0.2, -0.15) is 31.3 Å². The molecule has 0 saturated carbocycles. The fraction of sp³-hybridized carbons (Fsp3) is 0.474. The number of nitrogens with zero attached hydrogens (tertiary/aromatic N) is 2. The molecule has 0 spiro atoms. The van der Waals surface area contributed by atoms with Crippen molar-refractivity contribution in [1.29, 1.82) is 0 Å². The standard InChI is InChI=1S/C19H22F6N4/c1-4-14-13(15(26)29-16(27)28-14)5-6-17(2,3)10-7-11(18(20,21)22)9-12(8-10)19(23,24)25/h7-9H,4-6H2,1-3H3,(H4,26,27,28,29). The average molecular weight is 420 g/mol. The Hall–Kier alpha value is -2.52. The van der Waals surface area contributed by atoms with Crippen LogP contribution in [-0.4, -0.2) is 9.97 Å². The summed E-state index contributed by atoms with van der Waals surface area (Å²) in [6.45, 7) is 5.00. The predicted molar refractivity (Wildman–Crippen MR) is 98.0 cm³/mol. The van der Waals surface area contributed by atoms with Gasteiger partial charge in [0.15, 0.2) is 0 Å². The van der Waals surface area contributed by atoms with Crippen molar-refractivity contribution in [2.24, 2.45) is 0 Å². The molecule has 0 aliphatic rings. The largest absolute Gasteiger partial charge is 0.416 e. The van der Waals surface area contributed by atoms with E-state index in [1.165, 1.54) is 0 Å². The van der Waals surface area contributed by atoms with E-state index >= 15 is 0 Å². The first-order valence-electron chi connectivity index (χ1n) is 8.86. The first-order chi connectivity index (χ1) is 13.1. The van der Waals surface area contributed by atoms with Crippen LogP contribution in [0.3, 0.4) is 0 Å². The molecule has 160 valence electrons. The highest BCUT2D eigenvalue weighted by molar-refractivity contribution is 5.46. The Labute approximate surface area is 164 Å². The smallest absolute Gasteiger partial charge is 0.383 e. The van der Waals surface area contributed by atoms with Crippen molar-refractivity contribution in [3.05, 3.63) is 46.1 Å². The molecule has 2 aromatic rings. The molecule has 29 heavy (non-hydrogen) atoms. The summed E-state index contributed by atoms with van der Waals surface area (Å²) in [6.07, 6.45) is -8.77. The molecule has 0 bridgehead atoms. The molecule has 1 heterocycles. The molecule has 0 amide bonds. The Kier molecular flexibility index (Phi) is 6.06. The van der Waals surface area contributed by atoms with Crippen LogP contribution in [0.25, 0.3) is 0 Å². The summed E-state index contributed by atoms with van der Waals surface area (Å²) in [7, 11) is 0. The van der Waals surface area contributed by atoms with Crippen LogP contribution in [0.15, 0.2) is 18.2 Å². The van der Waals surface area contributed by atoms with Crippen molar-refractivity contribution in [3.63, 3.8) is 0 Å². The van der Waals surface area contributed by atoms with E-state index in [-0.39, 0.29) is 36.2 Å². The van der Waals surface area contributed by atoms with Crippen molar-refractivity contribution < 1.29 is 26.3 Å². The van der Waals surface area contributed by atoms with E-state index in [2.05, 4.69) is 9.97 Å². The first kappa shape index (κ1) is 22.8. The maximum Gasteiger partial charge on any atom is 0.416 e. The molecule has 0 aliphatic carbocycles. The molecular formula is C19H22F6N4. The van der Waals surface area contributed by atoms with Gasteiger partial charge < -0.3 is 11.5 Å². The molecule has 0 radical (unpaired) electrons. The number of aromatic nitrogens is 2. The molecule has 10 heteroatoms. The van der Waals surface area contributed by atoms with E-state index in [1.54, 1.807) is 13.8 Å². The van der Waals surface area contributed by atoms with Crippen LogP contribution in [0.5, 0.6) is 0 Å². The molecule has 0 fully saturated rings. The van der Waals surface area contributed by atoms with Crippen LogP contribution in [-0.2, 0) is 30.6 Å². The normalized spacial score (nSPS) is 13.0. The fourth-order valence-electron chi connectivity index (χ4n) is 3.06. The number of halogens is 6. The third-order valence-electron chi connectivity index (χ3n) is 4.85. The number of rotatable bonds is 5. The SMILES string of the molecule is CCc1nc(N)nc(N)c1CCC(C)(C)c1cc(C(F)(F)F)cc(C(F)(F)F)c1. The van der Waals surface area contributed by atoms with E-state index in [4.69, 9.17) is 11.5 Å². The summed E-state index contributed by atoms with van der Waals surface area (Å²) in [5.41, 5.74) is 8.94. The van der Waals surface area contributed by atoms with E-state index in [9.17, 15) is 26.3 Å². The molecule has 4 N–H and O–H groups in total. The van der Waals surface area contributed by atoms with Gasteiger partial charge in [0.05, 0.1) is 16.8 Å². The van der Waals surface area contributed by atoms with Crippen LogP contribution in [0.1, 0.15) is 55.1 Å². The van der Waals surface area contributed by atoms with E-state index in [1.807, 2.05) is 6.92 Å². The number of benzene rings is 1. The highest BCUT2D eigenvalue weighted by Gasteiger charge is 2.38. The molecule has 2 rings (SSSR count). The first-order valence-corrected chi connectivity index (χ1v) is 8.86. The maximum atomic E-state index is 13.2. The molecule has 0 aliphatic heterocycles. The highest BCUT2D eigenvalue weighted by Crippen LogP contribution is 2.40. The zero-order valence-electron chi connectivity index (χ0n) is 16.2. The second-order valence-electron chi connectivity index (χ2n) is 7.42. The average Bonchev–Trinajstić information content (AvgIpc) is 2.58. The lowest BCUT2D eigenvalue weighted by Gasteiger charge is -2.28. The number of alkyl halides is 6. The third-order valence-corrected chi connectivity index (χ3v) is 4.85. The van der Waals surface area contributed by atoms with Gasteiger partial charge in [-0.3, -0.25) is 0 Å². The van der Waals surface area contributed by atoms with Gasteiger partial charge in [-0.1, -0.05) is 20.8 Å². The second kappa shape index (κ2) is 7.72. The minimum atomic E-state index is -4.89. The summed E-state index contributed by atoms with van der Waals surface area (Å²) in [5, 5.41) is 0. The minimum Gasteiger partial charge on any atom is -0.383 e. The van der Waals surface area contributed by atoms with E-state index < -0.39 is 28.9 Å². The van der Waals surface area contributed by atoms with Gasteiger partial charge in [-0.15, -0.1) is 0 Å². The number of hydrogen-bond donors (Lipinski definition) is 2. The van der Waals surface area contributed by atoms with Gasteiger partial charge in [0, 0.05) is 5.56 Å². The number of aryl methyl sites for hydroxylation is 1. The molecule has 1 aromatic heterocycles. The fourth-order valence-corrected chi connectivity index (χ4v) is 3.06. The Balaban J connectivity index is 2.43. The molecule has 4 nitrogen and oxygen atoms in total. The van der Waals surface area contributed by atoms with Crippen molar-refractivity contribution in [2.45, 2.75) is 57.8 Å². The van der Waals surface area contributed by atoms with Crippen LogP contribution < -0.4 is 11.5 Å². The zero-order valence-corrected chi connectivity index (χ0v) is 16.2. The Bertz CT molecular complexity index is 855. The molecule has 1 aromatic carbocycles. The summed E-state index contributed by atoms with van der Waals surface area (Å²) in [6, 6.07) is 1.65. The number of nitrogens with two attached hydrogens (primary N) is 2. The van der Waals surface area contributed by atoms with Gasteiger partial charge in [0.25, 0.3) is 0 Å². The van der Waals surface area contributed by atoms with E-state index in [0.29, 0.717) is 17.7 Å². The van der Waals surface area contributed by atoms with Crippen molar-refractivity contribution in [2.75, 3.05) is 11.5 Å². The highest BCUT2D eigenvalue weighted by atomic mass is 19.4. The van der Waals surface area contributed by atoms with Crippen LogP contribution in [0.4, 0.5) is 38.1 Å². The predicted octanol–water partition coefficient (Wildman–Crippen LogP) is 5.15. The molecule has 0 unspecified atom stereocenters. The Morgan fingerprint density at radius 3 is 1.76 bits per heavy atom. The topological polar surface area (TPSA) is 77.8 Å². The number of nitrogen functional groups attached to an aromatic ring is 2. The van der Waals surface area contributed by atoms with Crippen molar-refractivity contribution in [1.82, 2.24) is 9.97 Å². The van der Waals surface area contributed by atoms with Crippen molar-refractivity contribution in [3.8, 4) is 0 Å². The Morgan fingerprint density at radius 2 is 1.31 bits per heavy atom. The molecule has 0 saturated heterocycles. The molecule has 0 atom stereocenters. The maximum absolute atomic E-state index is 13.2. The summed E-state index contributed by atoms with van der Waals surface area (Å²) < 4.78 is 78.9. The van der Waals surface area contributed by atoms with Gasteiger partial charge in [-0.25, -0.2) is 4.98 Å². The van der Waals surface area contributed by atoms with Gasteiger partial charge in [0.2, 0.25) is 5.95 Å². The second-order valence-corrected chi connectivity index (χ2v) is 7.42. The molecular weight excluding hydrogens is 398 g/mol. The number of hydrogen-bond acceptors (Lipinski definition) is 4. The third kappa shape index (κ3) is 5.30. The minimum absolute atomic E-state index is 0.00931. The van der Waals surface area contributed by atoms with Crippen molar-refractivity contribution >= 4 is 11.8 Å². The monoisotopic (exact) mass is 420 g/mol. The van der Waals surface area contributed by atoms with Crippen LogP contribution in [0, 0.1) is 0 Å². The summed E-state index contributed by atoms with van der Waals surface area (Å²) >= 11 is 0. The summed E-state index contributed by atoms with van der Waals surface area (Å²) in [5.74, 6) is 0.167.